The molecule has 0 saturated heterocycles. The molecule has 0 N–H and O–H groups in total. The maximum absolute atomic E-state index is 12.3. The molecular weight excluding hydrogens is 381 g/mol. The average Bonchev–Trinajstić information content (AvgIpc) is 2.68. The summed E-state index contributed by atoms with van der Waals surface area (Å²) in [5.74, 6) is 1.44. The summed E-state index contributed by atoms with van der Waals surface area (Å²) >= 11 is 0. The van der Waals surface area contributed by atoms with Gasteiger partial charge in [0, 0.05) is 0 Å². The quantitative estimate of drug-likeness (QED) is 0.395. The van der Waals surface area contributed by atoms with E-state index in [1.54, 1.807) is 18.2 Å². The molecule has 2 saturated carbocycles. The zero-order valence-corrected chi connectivity index (χ0v) is 16.6. The van der Waals surface area contributed by atoms with Crippen LogP contribution in [0, 0.1) is 11.8 Å². The van der Waals surface area contributed by atoms with Crippen molar-refractivity contribution >= 4 is 5.97 Å². The minimum absolute atomic E-state index is 0.0486. The van der Waals surface area contributed by atoms with E-state index in [1.165, 1.54) is 12.1 Å². The number of carbonyl (C=O) groups excluding carboxylic acids is 1. The molecule has 0 aromatic heterocycles. The van der Waals surface area contributed by atoms with Gasteiger partial charge in [-0.15, -0.1) is 19.8 Å². The van der Waals surface area contributed by atoms with Crippen LogP contribution in [-0.4, -0.2) is 18.4 Å². The first-order valence-electron chi connectivity index (χ1n) is 10.5. The summed E-state index contributed by atoms with van der Waals surface area (Å²) < 4.78 is 46.3. The third kappa shape index (κ3) is 6.51. The fraction of sp³-hybridized carbons (Fsp3) is 0.609. The number of hydrogen-bond donors (Lipinski definition) is 0. The molecular formula is C23H29F3O3. The second-order valence-corrected chi connectivity index (χ2v) is 8.25. The van der Waals surface area contributed by atoms with Crippen molar-refractivity contribution in [3.8, 4) is 5.75 Å². The molecule has 2 aliphatic carbocycles. The Morgan fingerprint density at radius 3 is 2.03 bits per heavy atom. The molecule has 29 heavy (non-hydrogen) atoms. The van der Waals surface area contributed by atoms with Gasteiger partial charge in [0.1, 0.15) is 11.9 Å². The lowest BCUT2D eigenvalue weighted by Gasteiger charge is -2.37. The Morgan fingerprint density at radius 2 is 1.52 bits per heavy atom. The van der Waals surface area contributed by atoms with Crippen molar-refractivity contribution in [1.82, 2.24) is 0 Å². The van der Waals surface area contributed by atoms with Crippen LogP contribution in [0.1, 0.15) is 69.3 Å². The Labute approximate surface area is 170 Å². The zero-order valence-electron chi connectivity index (χ0n) is 16.6. The van der Waals surface area contributed by atoms with Gasteiger partial charge in [-0.25, -0.2) is 0 Å². The summed E-state index contributed by atoms with van der Waals surface area (Å²) in [7, 11) is 0. The van der Waals surface area contributed by atoms with Gasteiger partial charge in [0.15, 0.2) is 0 Å². The molecule has 0 radical (unpaired) electrons. The largest absolute Gasteiger partial charge is 0.573 e. The molecule has 0 amide bonds. The lowest BCUT2D eigenvalue weighted by atomic mass is 9.69. The van der Waals surface area contributed by atoms with Gasteiger partial charge in [0.05, 0.1) is 6.42 Å². The molecule has 0 aliphatic heterocycles. The van der Waals surface area contributed by atoms with Crippen molar-refractivity contribution in [1.29, 1.82) is 0 Å². The van der Waals surface area contributed by atoms with E-state index >= 15 is 0 Å². The van der Waals surface area contributed by atoms with Gasteiger partial charge in [-0.1, -0.05) is 18.2 Å². The number of benzene rings is 1. The number of esters is 1. The fourth-order valence-electron chi connectivity index (χ4n) is 4.90. The van der Waals surface area contributed by atoms with Crippen molar-refractivity contribution < 1.29 is 27.4 Å². The normalized spacial score (nSPS) is 27.8. The number of halogens is 3. The Bertz CT molecular complexity index is 668. The zero-order chi connectivity index (χ0) is 20.9. The summed E-state index contributed by atoms with van der Waals surface area (Å²) in [5, 5.41) is 0. The van der Waals surface area contributed by atoms with E-state index in [4.69, 9.17) is 4.74 Å². The SMILES string of the molecule is C=CCC(=O)O[C@H]1CC[C@H]([C@H]2CC[C@H](c3ccc(OC(F)(F)F)cc3)CC2)CC1. The molecule has 0 bridgehead atoms. The van der Waals surface area contributed by atoms with Crippen LogP contribution < -0.4 is 4.74 Å². The predicted molar refractivity (Wildman–Crippen MR) is 104 cm³/mol. The molecule has 0 unspecified atom stereocenters. The number of rotatable bonds is 6. The van der Waals surface area contributed by atoms with Gasteiger partial charge < -0.3 is 9.47 Å². The van der Waals surface area contributed by atoms with E-state index in [2.05, 4.69) is 11.3 Å². The van der Waals surface area contributed by atoms with E-state index < -0.39 is 6.36 Å². The standard InChI is InChI=1S/C23H29F3O3/c1-2-3-22(27)28-20-12-8-18(9-13-20)16-4-6-17(7-5-16)19-10-14-21(15-11-19)29-23(24,25)26/h2,10-11,14-18,20H,1,3-9,12-13H2/t16-,17-,18-,20-. The number of alkyl halides is 3. The third-order valence-electron chi connectivity index (χ3n) is 6.35. The molecule has 0 spiro atoms. The van der Waals surface area contributed by atoms with Crippen LogP contribution in [0.15, 0.2) is 36.9 Å². The van der Waals surface area contributed by atoms with Crippen LogP contribution in [0.4, 0.5) is 13.2 Å². The Hall–Kier alpha value is -1.98. The second-order valence-electron chi connectivity index (χ2n) is 8.25. The molecule has 3 nitrogen and oxygen atoms in total. The number of ether oxygens (including phenoxy) is 2. The third-order valence-corrected chi connectivity index (χ3v) is 6.35. The van der Waals surface area contributed by atoms with Gasteiger partial charge in [-0.3, -0.25) is 4.79 Å². The maximum atomic E-state index is 12.3. The van der Waals surface area contributed by atoms with Crippen LogP contribution >= 0.6 is 0 Å². The molecule has 2 aliphatic rings. The minimum atomic E-state index is -4.65. The Balaban J connectivity index is 1.43. The van der Waals surface area contributed by atoms with E-state index in [-0.39, 0.29) is 24.2 Å². The van der Waals surface area contributed by atoms with Crippen molar-refractivity contribution in [2.24, 2.45) is 11.8 Å². The van der Waals surface area contributed by atoms with Gasteiger partial charge in [0.2, 0.25) is 0 Å². The molecule has 0 heterocycles. The van der Waals surface area contributed by atoms with Crippen molar-refractivity contribution in [2.75, 3.05) is 0 Å². The molecule has 6 heteroatoms. The monoisotopic (exact) mass is 410 g/mol. The van der Waals surface area contributed by atoms with Crippen LogP contribution in [0.3, 0.4) is 0 Å². The molecule has 1 aromatic rings. The highest BCUT2D eigenvalue weighted by molar-refractivity contribution is 5.71. The molecule has 2 fully saturated rings. The van der Waals surface area contributed by atoms with E-state index in [1.807, 2.05) is 0 Å². The summed E-state index contributed by atoms with van der Waals surface area (Å²) in [5.41, 5.74) is 1.09. The van der Waals surface area contributed by atoms with Crippen molar-refractivity contribution in [3.05, 3.63) is 42.5 Å². The maximum Gasteiger partial charge on any atom is 0.573 e. The van der Waals surface area contributed by atoms with Crippen molar-refractivity contribution in [2.45, 2.75) is 76.2 Å². The van der Waals surface area contributed by atoms with Crippen molar-refractivity contribution in [3.63, 3.8) is 0 Å². The first kappa shape index (κ1) is 21.7. The van der Waals surface area contributed by atoms with Gasteiger partial charge in [-0.2, -0.15) is 0 Å². The molecule has 0 atom stereocenters. The van der Waals surface area contributed by atoms with E-state index in [9.17, 15) is 18.0 Å². The highest BCUT2D eigenvalue weighted by Crippen LogP contribution is 2.43. The lowest BCUT2D eigenvalue weighted by Crippen LogP contribution is -2.29. The molecule has 160 valence electrons. The van der Waals surface area contributed by atoms with Gasteiger partial charge in [-0.05, 0) is 86.8 Å². The smallest absolute Gasteiger partial charge is 0.462 e. The van der Waals surface area contributed by atoms with Crippen LogP contribution in [-0.2, 0) is 9.53 Å². The summed E-state index contributed by atoms with van der Waals surface area (Å²) in [6.07, 6.45) is 5.76. The second kappa shape index (κ2) is 9.68. The molecule has 1 aromatic carbocycles. The predicted octanol–water partition coefficient (Wildman–Crippen LogP) is 6.54. The summed E-state index contributed by atoms with van der Waals surface area (Å²) in [6.45, 7) is 3.56. The Kier molecular flexibility index (Phi) is 7.25. The average molecular weight is 410 g/mol. The highest BCUT2D eigenvalue weighted by Gasteiger charge is 2.33. The van der Waals surface area contributed by atoms with Crippen LogP contribution in [0.2, 0.25) is 0 Å². The minimum Gasteiger partial charge on any atom is -0.462 e. The van der Waals surface area contributed by atoms with Crippen LogP contribution in [0.5, 0.6) is 5.75 Å². The summed E-state index contributed by atoms with van der Waals surface area (Å²) in [4.78, 5) is 11.6. The molecule has 3 rings (SSSR count). The van der Waals surface area contributed by atoms with E-state index in [0.717, 1.165) is 56.9 Å². The first-order valence-corrected chi connectivity index (χ1v) is 10.5. The summed E-state index contributed by atoms with van der Waals surface area (Å²) in [6, 6.07) is 6.33. The van der Waals surface area contributed by atoms with Crippen LogP contribution in [0.25, 0.3) is 0 Å². The highest BCUT2D eigenvalue weighted by atomic mass is 19.4. The fourth-order valence-corrected chi connectivity index (χ4v) is 4.90. The Morgan fingerprint density at radius 1 is 0.966 bits per heavy atom. The van der Waals surface area contributed by atoms with E-state index in [0.29, 0.717) is 17.8 Å². The van der Waals surface area contributed by atoms with Gasteiger partial charge in [0.25, 0.3) is 0 Å². The first-order chi connectivity index (χ1) is 13.8. The topological polar surface area (TPSA) is 35.5 Å². The number of hydrogen-bond acceptors (Lipinski definition) is 3. The lowest BCUT2D eigenvalue weighted by molar-refractivity contribution is -0.274. The number of carbonyl (C=O) groups is 1. The van der Waals surface area contributed by atoms with Gasteiger partial charge >= 0.3 is 12.3 Å².